The third kappa shape index (κ3) is 3.23. The van der Waals surface area contributed by atoms with Gasteiger partial charge >= 0.3 is 0 Å². The Morgan fingerprint density at radius 3 is 2.68 bits per heavy atom. The highest BCUT2D eigenvalue weighted by atomic mass is 79.9. The van der Waals surface area contributed by atoms with Gasteiger partial charge in [-0.1, -0.05) is 29.8 Å². The maximum Gasteiger partial charge on any atom is 0.139 e. The first-order valence-electron chi connectivity index (χ1n) is 5.96. The van der Waals surface area contributed by atoms with Gasteiger partial charge in [0.05, 0.1) is 10.7 Å². The number of aromatic hydroxyl groups is 1. The number of anilines is 1. The van der Waals surface area contributed by atoms with E-state index in [9.17, 15) is 5.11 Å². The fourth-order valence-electron chi connectivity index (χ4n) is 2.03. The molecule has 0 amide bonds. The Bertz CT molecular complexity index is 590. The van der Waals surface area contributed by atoms with E-state index in [4.69, 9.17) is 11.6 Å². The maximum atomic E-state index is 9.87. The second kappa shape index (κ2) is 5.85. The molecule has 0 fully saturated rings. The second-order valence-electron chi connectivity index (χ2n) is 4.54. The van der Waals surface area contributed by atoms with Crippen LogP contribution < -0.4 is 5.32 Å². The molecule has 0 saturated carbocycles. The van der Waals surface area contributed by atoms with E-state index in [-0.39, 0.29) is 5.75 Å². The maximum absolute atomic E-state index is 9.87. The van der Waals surface area contributed by atoms with Crippen LogP contribution in [-0.4, -0.2) is 5.11 Å². The third-order valence-corrected chi connectivity index (χ3v) is 3.89. The first-order chi connectivity index (χ1) is 8.99. The van der Waals surface area contributed by atoms with Crippen LogP contribution in [0.1, 0.15) is 16.7 Å². The number of halogens is 2. The zero-order chi connectivity index (χ0) is 14.0. The molecule has 2 rings (SSSR count). The van der Waals surface area contributed by atoms with Crippen LogP contribution in [-0.2, 0) is 6.54 Å². The summed E-state index contributed by atoms with van der Waals surface area (Å²) in [4.78, 5) is 0. The van der Waals surface area contributed by atoms with Crippen LogP contribution in [0.5, 0.6) is 5.75 Å². The fourth-order valence-corrected chi connectivity index (χ4v) is 3.03. The number of hydrogen-bond acceptors (Lipinski definition) is 2. The zero-order valence-corrected chi connectivity index (χ0v) is 13.1. The molecule has 0 aliphatic rings. The van der Waals surface area contributed by atoms with Crippen molar-refractivity contribution in [3.63, 3.8) is 0 Å². The predicted octanol–water partition coefficient (Wildman–Crippen LogP) is 5.04. The average Bonchev–Trinajstić information content (AvgIpc) is 2.33. The lowest BCUT2D eigenvalue weighted by Gasteiger charge is -2.14. The Labute approximate surface area is 126 Å². The molecule has 0 spiro atoms. The van der Waals surface area contributed by atoms with Gasteiger partial charge in [-0.15, -0.1) is 0 Å². The number of phenols is 1. The Kier molecular flexibility index (Phi) is 4.38. The number of para-hydroxylation sites is 1. The highest BCUT2D eigenvalue weighted by Gasteiger charge is 2.08. The zero-order valence-electron chi connectivity index (χ0n) is 10.8. The van der Waals surface area contributed by atoms with Gasteiger partial charge < -0.3 is 10.4 Å². The van der Waals surface area contributed by atoms with E-state index in [0.29, 0.717) is 11.6 Å². The predicted molar refractivity (Wildman–Crippen MR) is 84.1 cm³/mol. The quantitative estimate of drug-likeness (QED) is 0.820. The summed E-state index contributed by atoms with van der Waals surface area (Å²) in [7, 11) is 0. The molecule has 0 heterocycles. The van der Waals surface area contributed by atoms with Gasteiger partial charge in [-0.3, -0.25) is 0 Å². The van der Waals surface area contributed by atoms with Crippen LogP contribution in [0.25, 0.3) is 0 Å². The van der Waals surface area contributed by atoms with E-state index in [2.05, 4.69) is 47.2 Å². The van der Waals surface area contributed by atoms with Gasteiger partial charge in [0.2, 0.25) is 0 Å². The SMILES string of the molecule is Cc1cc(C)c(NCc2cccc(Cl)c2O)c(Br)c1. The first kappa shape index (κ1) is 14.2. The van der Waals surface area contributed by atoms with Crippen molar-refractivity contribution < 1.29 is 5.11 Å². The molecule has 0 saturated heterocycles. The molecule has 2 aromatic rings. The van der Waals surface area contributed by atoms with Crippen molar-refractivity contribution in [2.24, 2.45) is 0 Å². The van der Waals surface area contributed by atoms with Crippen LogP contribution in [0, 0.1) is 13.8 Å². The van der Waals surface area contributed by atoms with Gasteiger partial charge in [0.25, 0.3) is 0 Å². The van der Waals surface area contributed by atoms with E-state index < -0.39 is 0 Å². The van der Waals surface area contributed by atoms with Gasteiger partial charge in [0.15, 0.2) is 0 Å². The van der Waals surface area contributed by atoms with Crippen molar-refractivity contribution in [2.45, 2.75) is 20.4 Å². The number of phenolic OH excluding ortho intramolecular Hbond substituents is 1. The van der Waals surface area contributed by atoms with E-state index in [1.54, 1.807) is 6.07 Å². The highest BCUT2D eigenvalue weighted by molar-refractivity contribution is 9.10. The molecule has 0 bridgehead atoms. The second-order valence-corrected chi connectivity index (χ2v) is 5.80. The van der Waals surface area contributed by atoms with E-state index in [1.165, 1.54) is 5.56 Å². The van der Waals surface area contributed by atoms with Crippen LogP contribution >= 0.6 is 27.5 Å². The molecule has 0 unspecified atom stereocenters. The summed E-state index contributed by atoms with van der Waals surface area (Å²) in [5, 5.41) is 13.6. The monoisotopic (exact) mass is 339 g/mol. The highest BCUT2D eigenvalue weighted by Crippen LogP contribution is 2.31. The fraction of sp³-hybridized carbons (Fsp3) is 0.200. The van der Waals surface area contributed by atoms with Gasteiger partial charge in [0.1, 0.15) is 5.75 Å². The summed E-state index contributed by atoms with van der Waals surface area (Å²) in [6, 6.07) is 9.53. The molecule has 0 radical (unpaired) electrons. The summed E-state index contributed by atoms with van der Waals surface area (Å²) in [5.74, 6) is 0.137. The topological polar surface area (TPSA) is 32.3 Å². The van der Waals surface area contributed by atoms with Crippen LogP contribution in [0.15, 0.2) is 34.8 Å². The number of nitrogens with one attached hydrogen (secondary N) is 1. The largest absolute Gasteiger partial charge is 0.506 e. The molecule has 100 valence electrons. The molecule has 2 aromatic carbocycles. The molecule has 0 atom stereocenters. The summed E-state index contributed by atoms with van der Waals surface area (Å²) < 4.78 is 1.02. The summed E-state index contributed by atoms with van der Waals surface area (Å²) >= 11 is 9.45. The Morgan fingerprint density at radius 2 is 2.00 bits per heavy atom. The van der Waals surface area contributed by atoms with Gasteiger partial charge in [0, 0.05) is 16.6 Å². The smallest absolute Gasteiger partial charge is 0.139 e. The minimum absolute atomic E-state index is 0.137. The molecule has 0 aliphatic carbocycles. The Morgan fingerprint density at radius 1 is 1.26 bits per heavy atom. The average molecular weight is 341 g/mol. The number of benzene rings is 2. The molecular formula is C15H15BrClNO. The Balaban J connectivity index is 2.22. The molecule has 2 N–H and O–H groups in total. The van der Waals surface area contributed by atoms with E-state index in [1.807, 2.05) is 12.1 Å². The lowest BCUT2D eigenvalue weighted by molar-refractivity contribution is 0.469. The summed E-state index contributed by atoms with van der Waals surface area (Å²) in [5.41, 5.74) is 4.18. The first-order valence-corrected chi connectivity index (χ1v) is 7.13. The van der Waals surface area contributed by atoms with E-state index in [0.717, 1.165) is 21.3 Å². The lowest BCUT2D eigenvalue weighted by atomic mass is 10.1. The molecule has 19 heavy (non-hydrogen) atoms. The molecule has 0 aromatic heterocycles. The standard InChI is InChI=1S/C15H15BrClNO/c1-9-6-10(2)14(12(16)7-9)18-8-11-4-3-5-13(17)15(11)19/h3-7,18-19H,8H2,1-2H3. The van der Waals surface area contributed by atoms with Gasteiger partial charge in [-0.2, -0.15) is 0 Å². The van der Waals surface area contributed by atoms with Crippen molar-refractivity contribution in [1.82, 2.24) is 0 Å². The summed E-state index contributed by atoms with van der Waals surface area (Å²) in [6.07, 6.45) is 0. The lowest BCUT2D eigenvalue weighted by Crippen LogP contribution is -2.02. The normalized spacial score (nSPS) is 10.5. The van der Waals surface area contributed by atoms with Crippen LogP contribution in [0.3, 0.4) is 0 Å². The van der Waals surface area contributed by atoms with Crippen molar-refractivity contribution >= 4 is 33.2 Å². The van der Waals surface area contributed by atoms with Gasteiger partial charge in [-0.25, -0.2) is 0 Å². The minimum atomic E-state index is 0.137. The van der Waals surface area contributed by atoms with Crippen molar-refractivity contribution in [1.29, 1.82) is 0 Å². The number of rotatable bonds is 3. The number of hydrogen-bond donors (Lipinski definition) is 2. The van der Waals surface area contributed by atoms with Crippen molar-refractivity contribution in [3.05, 3.63) is 56.5 Å². The van der Waals surface area contributed by atoms with Crippen LogP contribution in [0.2, 0.25) is 5.02 Å². The Hall–Kier alpha value is -1.19. The van der Waals surface area contributed by atoms with Gasteiger partial charge in [-0.05, 0) is 53.0 Å². The molecule has 4 heteroatoms. The van der Waals surface area contributed by atoms with Crippen molar-refractivity contribution in [2.75, 3.05) is 5.32 Å². The summed E-state index contributed by atoms with van der Waals surface area (Å²) in [6.45, 7) is 4.64. The van der Waals surface area contributed by atoms with Crippen molar-refractivity contribution in [3.8, 4) is 5.75 Å². The molecular weight excluding hydrogens is 326 g/mol. The van der Waals surface area contributed by atoms with E-state index >= 15 is 0 Å². The molecule has 0 aliphatic heterocycles. The number of aryl methyl sites for hydroxylation is 2. The molecule has 2 nitrogen and oxygen atoms in total. The minimum Gasteiger partial charge on any atom is -0.506 e. The third-order valence-electron chi connectivity index (χ3n) is 2.96. The van der Waals surface area contributed by atoms with Crippen LogP contribution in [0.4, 0.5) is 5.69 Å².